The van der Waals surface area contributed by atoms with E-state index in [1.807, 2.05) is 13.0 Å². The number of aryl methyl sites for hydroxylation is 1. The van der Waals surface area contributed by atoms with E-state index < -0.39 is 0 Å². The molecule has 0 radical (unpaired) electrons. The van der Waals surface area contributed by atoms with Crippen molar-refractivity contribution in [2.24, 2.45) is 4.99 Å². The molecule has 1 aromatic carbocycles. The van der Waals surface area contributed by atoms with Crippen LogP contribution >= 0.6 is 11.6 Å². The van der Waals surface area contributed by atoms with Crippen molar-refractivity contribution < 1.29 is 9.90 Å². The van der Waals surface area contributed by atoms with Gasteiger partial charge in [-0.25, -0.2) is 4.99 Å². The van der Waals surface area contributed by atoms with Gasteiger partial charge in [0.2, 0.25) is 0 Å². The molecule has 0 aliphatic carbocycles. The summed E-state index contributed by atoms with van der Waals surface area (Å²) < 4.78 is 0. The zero-order chi connectivity index (χ0) is 18.3. The summed E-state index contributed by atoms with van der Waals surface area (Å²) in [5, 5.41) is 10.9. The molecule has 26 heavy (non-hydrogen) atoms. The molecule has 5 nitrogen and oxygen atoms in total. The maximum Gasteiger partial charge on any atom is 0.277 e. The third kappa shape index (κ3) is 2.88. The van der Waals surface area contributed by atoms with E-state index >= 15 is 0 Å². The minimum atomic E-state index is -0.111. The van der Waals surface area contributed by atoms with E-state index in [9.17, 15) is 9.90 Å². The van der Waals surface area contributed by atoms with Crippen molar-refractivity contribution in [2.45, 2.75) is 39.0 Å². The molecule has 0 saturated heterocycles. The third-order valence-electron chi connectivity index (χ3n) is 5.47. The normalized spacial score (nSPS) is 20.6. The number of carbonyl (C=O) groups excluding carboxylic acids is 1. The van der Waals surface area contributed by atoms with Gasteiger partial charge >= 0.3 is 0 Å². The predicted octanol–water partition coefficient (Wildman–Crippen LogP) is 3.32. The van der Waals surface area contributed by atoms with Crippen molar-refractivity contribution in [1.82, 2.24) is 4.90 Å². The lowest BCUT2D eigenvalue weighted by molar-refractivity contribution is -0.122. The molecule has 1 N–H and O–H groups in total. The number of aliphatic imine (C=N–C) groups is 1. The minimum absolute atomic E-state index is 0.111. The van der Waals surface area contributed by atoms with Gasteiger partial charge in [0.15, 0.2) is 0 Å². The molecule has 138 valence electrons. The molecule has 0 aromatic heterocycles. The van der Waals surface area contributed by atoms with Crippen LogP contribution in [0.15, 0.2) is 16.8 Å². The number of benzene rings is 1. The molecular formula is C20H24ClN3O2. The van der Waals surface area contributed by atoms with E-state index in [1.165, 1.54) is 11.3 Å². The number of aromatic hydroxyl groups is 1. The Morgan fingerprint density at radius 1 is 1.31 bits per heavy atom. The van der Waals surface area contributed by atoms with Gasteiger partial charge in [0.05, 0.1) is 0 Å². The number of anilines is 1. The van der Waals surface area contributed by atoms with Crippen LogP contribution < -0.4 is 4.90 Å². The van der Waals surface area contributed by atoms with E-state index in [0.29, 0.717) is 35.3 Å². The number of amidine groups is 1. The Hall–Kier alpha value is -2.01. The summed E-state index contributed by atoms with van der Waals surface area (Å²) in [7, 11) is 0. The molecule has 0 atom stereocenters. The zero-order valence-electron chi connectivity index (χ0n) is 15.1. The summed E-state index contributed by atoms with van der Waals surface area (Å²) in [5.74, 6) is 1.40. The van der Waals surface area contributed by atoms with Gasteiger partial charge in [0.1, 0.15) is 17.3 Å². The summed E-state index contributed by atoms with van der Waals surface area (Å²) in [6.07, 6.45) is 6.58. The second kappa shape index (κ2) is 6.95. The van der Waals surface area contributed by atoms with Gasteiger partial charge in [0.25, 0.3) is 5.91 Å². The monoisotopic (exact) mass is 373 g/mol. The summed E-state index contributed by atoms with van der Waals surface area (Å²) in [5.41, 5.74) is 4.64. The molecule has 3 aliphatic heterocycles. The molecule has 0 saturated carbocycles. The lowest BCUT2D eigenvalue weighted by Gasteiger charge is -2.37. The second-order valence-electron chi connectivity index (χ2n) is 7.18. The van der Waals surface area contributed by atoms with Crippen molar-refractivity contribution in [2.75, 3.05) is 30.4 Å². The fourth-order valence-electron chi connectivity index (χ4n) is 4.27. The largest absolute Gasteiger partial charge is 0.507 e. The van der Waals surface area contributed by atoms with Gasteiger partial charge in [0, 0.05) is 42.3 Å². The summed E-state index contributed by atoms with van der Waals surface area (Å²) in [6.45, 7) is 4.54. The van der Waals surface area contributed by atoms with Crippen LogP contribution in [0.25, 0.3) is 6.08 Å². The highest BCUT2D eigenvalue weighted by Gasteiger charge is 2.30. The number of amides is 1. The first-order valence-electron chi connectivity index (χ1n) is 9.37. The fourth-order valence-corrected chi connectivity index (χ4v) is 4.39. The van der Waals surface area contributed by atoms with Gasteiger partial charge in [-0.2, -0.15) is 0 Å². The van der Waals surface area contributed by atoms with Crippen molar-refractivity contribution >= 4 is 35.1 Å². The SMILES string of the molecule is CC1=N/C(=C\c2cc3c4c(c2O)CCCN4CCC3)C(=O)N1CCCCl. The Kier molecular flexibility index (Phi) is 4.65. The van der Waals surface area contributed by atoms with Crippen LogP contribution in [0.3, 0.4) is 0 Å². The molecule has 0 unspecified atom stereocenters. The lowest BCUT2D eigenvalue weighted by Crippen LogP contribution is -2.34. The van der Waals surface area contributed by atoms with Crippen LogP contribution in [0.4, 0.5) is 5.69 Å². The van der Waals surface area contributed by atoms with Crippen LogP contribution in [0.1, 0.15) is 42.9 Å². The highest BCUT2D eigenvalue weighted by Crippen LogP contribution is 2.42. The topological polar surface area (TPSA) is 56.1 Å². The minimum Gasteiger partial charge on any atom is -0.507 e. The van der Waals surface area contributed by atoms with Crippen LogP contribution in [-0.2, 0) is 17.6 Å². The van der Waals surface area contributed by atoms with Gasteiger partial charge < -0.3 is 10.0 Å². The van der Waals surface area contributed by atoms with E-state index in [2.05, 4.69) is 9.89 Å². The first kappa shape index (κ1) is 17.4. The van der Waals surface area contributed by atoms with Crippen molar-refractivity contribution in [3.05, 3.63) is 28.5 Å². The van der Waals surface area contributed by atoms with E-state index in [-0.39, 0.29) is 5.91 Å². The molecule has 3 aliphatic rings. The Bertz CT molecular complexity index is 814. The zero-order valence-corrected chi connectivity index (χ0v) is 15.8. The summed E-state index contributed by atoms with van der Waals surface area (Å²) >= 11 is 5.75. The number of alkyl halides is 1. The quantitative estimate of drug-likeness (QED) is 0.650. The number of rotatable bonds is 4. The summed E-state index contributed by atoms with van der Waals surface area (Å²) in [4.78, 5) is 21.1. The van der Waals surface area contributed by atoms with E-state index in [1.54, 1.807) is 11.0 Å². The standard InChI is InChI=1S/C20H24ClN3O2/c1-13-22-17(20(26)24(13)10-4-7-21)12-15-11-14-5-2-8-23-9-3-6-16(18(14)23)19(15)25/h11-12,25H,2-10H2,1H3/b17-12-. The molecule has 0 spiro atoms. The molecule has 1 amide bonds. The van der Waals surface area contributed by atoms with Crippen LogP contribution in [0.2, 0.25) is 0 Å². The molecule has 6 heteroatoms. The average molecular weight is 374 g/mol. The Balaban J connectivity index is 1.71. The van der Waals surface area contributed by atoms with Gasteiger partial charge in [-0.15, -0.1) is 11.6 Å². The number of phenolic OH excluding ortho intramolecular Hbond substituents is 1. The number of phenols is 1. The second-order valence-corrected chi connectivity index (χ2v) is 7.56. The maximum atomic E-state index is 12.7. The average Bonchev–Trinajstić information content (AvgIpc) is 2.91. The molecule has 4 rings (SSSR count). The number of nitrogens with zero attached hydrogens (tertiary/aromatic N) is 3. The number of halogens is 1. The van der Waals surface area contributed by atoms with E-state index in [0.717, 1.165) is 50.8 Å². The third-order valence-corrected chi connectivity index (χ3v) is 5.74. The van der Waals surface area contributed by atoms with Crippen LogP contribution in [0, 0.1) is 0 Å². The highest BCUT2D eigenvalue weighted by atomic mass is 35.5. The van der Waals surface area contributed by atoms with Crippen molar-refractivity contribution in [3.8, 4) is 5.75 Å². The molecule has 1 aromatic rings. The van der Waals surface area contributed by atoms with Crippen LogP contribution in [-0.4, -0.2) is 47.3 Å². The van der Waals surface area contributed by atoms with Gasteiger partial charge in [-0.1, -0.05) is 0 Å². The maximum absolute atomic E-state index is 12.7. The fraction of sp³-hybridized carbons (Fsp3) is 0.500. The Morgan fingerprint density at radius 2 is 2.08 bits per heavy atom. The summed E-state index contributed by atoms with van der Waals surface area (Å²) in [6, 6.07) is 2.04. The number of hydrogen-bond acceptors (Lipinski definition) is 4. The Labute approximate surface area is 159 Å². The number of carbonyl (C=O) groups is 1. The van der Waals surface area contributed by atoms with Crippen molar-refractivity contribution in [3.63, 3.8) is 0 Å². The molecule has 0 fully saturated rings. The van der Waals surface area contributed by atoms with Crippen LogP contribution in [0.5, 0.6) is 5.75 Å². The smallest absolute Gasteiger partial charge is 0.277 e. The lowest BCUT2D eigenvalue weighted by atomic mass is 9.89. The van der Waals surface area contributed by atoms with Crippen molar-refractivity contribution in [1.29, 1.82) is 0 Å². The highest BCUT2D eigenvalue weighted by molar-refractivity contribution is 6.18. The van der Waals surface area contributed by atoms with E-state index in [4.69, 9.17) is 11.6 Å². The molecule has 0 bridgehead atoms. The first-order valence-corrected chi connectivity index (χ1v) is 9.91. The Morgan fingerprint density at radius 3 is 2.85 bits per heavy atom. The van der Waals surface area contributed by atoms with Gasteiger partial charge in [-0.05, 0) is 56.7 Å². The molecule has 3 heterocycles. The number of hydrogen-bond donors (Lipinski definition) is 1. The predicted molar refractivity (Wildman–Crippen MR) is 105 cm³/mol. The first-order chi connectivity index (χ1) is 12.6. The molecular weight excluding hydrogens is 350 g/mol. The van der Waals surface area contributed by atoms with Gasteiger partial charge in [-0.3, -0.25) is 9.69 Å².